The molecule has 0 unspecified atom stereocenters. The number of ether oxygens (including phenoxy) is 1. The molecule has 0 saturated heterocycles. The molecule has 0 spiro atoms. The number of anilines is 3. The van der Waals surface area contributed by atoms with Gasteiger partial charge in [-0.3, -0.25) is 4.90 Å². The van der Waals surface area contributed by atoms with Crippen LogP contribution in [-0.2, 0) is 0 Å². The third-order valence-electron chi connectivity index (χ3n) is 5.07. The van der Waals surface area contributed by atoms with Crippen molar-refractivity contribution in [3.05, 3.63) is 91.0 Å². The number of hydrogen-bond donors (Lipinski definition) is 0. The van der Waals surface area contributed by atoms with Crippen molar-refractivity contribution >= 4 is 28.2 Å². The molecule has 0 aliphatic carbocycles. The molecule has 5 heteroatoms. The first kappa shape index (κ1) is 15.9. The number of hydrogen-bond acceptors (Lipinski definition) is 5. The van der Waals surface area contributed by atoms with Gasteiger partial charge in [0.05, 0.1) is 11.4 Å². The molecule has 1 aliphatic heterocycles. The number of fused-ring (bicyclic) bond motifs is 3. The predicted octanol–water partition coefficient (Wildman–Crippen LogP) is 6.47. The molecule has 5 aromatic rings. The summed E-state index contributed by atoms with van der Waals surface area (Å²) in [5.74, 6) is 2.05. The van der Waals surface area contributed by atoms with E-state index in [4.69, 9.17) is 14.2 Å². The predicted molar refractivity (Wildman–Crippen MR) is 112 cm³/mol. The summed E-state index contributed by atoms with van der Waals surface area (Å²) in [6.07, 6.45) is 0. The molecule has 0 atom stereocenters. The summed E-state index contributed by atoms with van der Waals surface area (Å²) in [4.78, 5) is 6.68. The second kappa shape index (κ2) is 6.21. The molecular weight excluding hydrogens is 362 g/mol. The molecule has 6 rings (SSSR count). The highest BCUT2D eigenvalue weighted by Gasteiger charge is 2.29. The summed E-state index contributed by atoms with van der Waals surface area (Å²) in [6.45, 7) is 0. The van der Waals surface area contributed by atoms with Crippen LogP contribution in [0.1, 0.15) is 0 Å². The normalized spacial score (nSPS) is 12.3. The molecule has 2 heterocycles. The maximum atomic E-state index is 6.05. The summed E-state index contributed by atoms with van der Waals surface area (Å²) in [7, 11) is 0. The second-order valence-electron chi connectivity index (χ2n) is 6.80. The Morgan fingerprint density at radius 1 is 0.655 bits per heavy atom. The molecular formula is C24H15N3O2. The Balaban J connectivity index is 1.52. The Hall–Kier alpha value is -4.12. The molecule has 138 valence electrons. The molecule has 4 aromatic carbocycles. The van der Waals surface area contributed by atoms with E-state index in [9.17, 15) is 0 Å². The minimum atomic E-state index is 0.399. The Morgan fingerprint density at radius 3 is 2.10 bits per heavy atom. The van der Waals surface area contributed by atoms with Crippen molar-refractivity contribution in [2.45, 2.75) is 0 Å². The van der Waals surface area contributed by atoms with E-state index in [1.807, 2.05) is 77.7 Å². The lowest BCUT2D eigenvalue weighted by Crippen LogP contribution is -2.15. The van der Waals surface area contributed by atoms with Gasteiger partial charge >= 0.3 is 6.01 Å². The van der Waals surface area contributed by atoms with E-state index in [0.717, 1.165) is 39.2 Å². The van der Waals surface area contributed by atoms with Gasteiger partial charge in [0.2, 0.25) is 5.82 Å². The lowest BCUT2D eigenvalue weighted by Gasteiger charge is -2.29. The lowest BCUT2D eigenvalue weighted by atomic mass is 10.0. The maximum absolute atomic E-state index is 6.05. The van der Waals surface area contributed by atoms with Crippen LogP contribution in [0.2, 0.25) is 0 Å². The highest BCUT2D eigenvalue weighted by atomic mass is 16.5. The van der Waals surface area contributed by atoms with Gasteiger partial charge in [-0.05, 0) is 35.0 Å². The van der Waals surface area contributed by atoms with E-state index in [1.54, 1.807) is 0 Å². The summed E-state index contributed by atoms with van der Waals surface area (Å²) in [5.41, 5.74) is 2.66. The summed E-state index contributed by atoms with van der Waals surface area (Å²) < 4.78 is 11.8. The topological polar surface area (TPSA) is 51.4 Å². The van der Waals surface area contributed by atoms with Gasteiger partial charge < -0.3 is 9.26 Å². The number of rotatable bonds is 2. The van der Waals surface area contributed by atoms with Crippen molar-refractivity contribution in [1.82, 2.24) is 10.1 Å². The van der Waals surface area contributed by atoms with Gasteiger partial charge in [0.25, 0.3) is 0 Å². The minimum absolute atomic E-state index is 0.399. The van der Waals surface area contributed by atoms with Crippen LogP contribution in [0.15, 0.2) is 95.5 Å². The summed E-state index contributed by atoms with van der Waals surface area (Å²) in [5, 5.41) is 6.51. The molecule has 0 radical (unpaired) electrons. The van der Waals surface area contributed by atoms with Gasteiger partial charge in [0.1, 0.15) is 0 Å². The second-order valence-corrected chi connectivity index (χ2v) is 6.80. The van der Waals surface area contributed by atoms with Gasteiger partial charge in [-0.1, -0.05) is 71.9 Å². The zero-order chi connectivity index (χ0) is 19.2. The number of para-hydroxylation sites is 4. The van der Waals surface area contributed by atoms with Crippen LogP contribution >= 0.6 is 0 Å². The summed E-state index contributed by atoms with van der Waals surface area (Å²) in [6, 6.07) is 30.3. The van der Waals surface area contributed by atoms with Crippen LogP contribution in [0.4, 0.5) is 17.4 Å². The van der Waals surface area contributed by atoms with E-state index in [2.05, 4.69) is 23.4 Å². The average Bonchev–Trinajstić information content (AvgIpc) is 3.26. The first-order valence-corrected chi connectivity index (χ1v) is 9.36. The Kier molecular flexibility index (Phi) is 3.40. The van der Waals surface area contributed by atoms with Crippen LogP contribution in [0, 0.1) is 0 Å². The fraction of sp³-hybridized carbons (Fsp3) is 0. The average molecular weight is 377 g/mol. The monoisotopic (exact) mass is 377 g/mol. The van der Waals surface area contributed by atoms with Crippen molar-refractivity contribution in [2.24, 2.45) is 0 Å². The largest absolute Gasteiger partial charge is 0.453 e. The number of benzene rings is 4. The van der Waals surface area contributed by atoms with Gasteiger partial charge in [0, 0.05) is 5.56 Å². The molecule has 0 amide bonds. The van der Waals surface area contributed by atoms with E-state index in [-0.39, 0.29) is 0 Å². The van der Waals surface area contributed by atoms with Gasteiger partial charge in [-0.15, -0.1) is 0 Å². The fourth-order valence-corrected chi connectivity index (χ4v) is 3.75. The van der Waals surface area contributed by atoms with Crippen molar-refractivity contribution < 1.29 is 9.26 Å². The molecule has 5 nitrogen and oxygen atoms in total. The molecule has 0 bridgehead atoms. The molecule has 1 aromatic heterocycles. The van der Waals surface area contributed by atoms with Gasteiger partial charge in [-0.2, -0.15) is 4.98 Å². The first-order valence-electron chi connectivity index (χ1n) is 9.36. The quantitative estimate of drug-likeness (QED) is 0.346. The van der Waals surface area contributed by atoms with E-state index in [1.165, 1.54) is 0 Å². The van der Waals surface area contributed by atoms with E-state index in [0.29, 0.717) is 11.8 Å². The van der Waals surface area contributed by atoms with Crippen LogP contribution < -0.4 is 9.64 Å². The van der Waals surface area contributed by atoms with E-state index < -0.39 is 0 Å². The summed E-state index contributed by atoms with van der Waals surface area (Å²) >= 11 is 0. The lowest BCUT2D eigenvalue weighted by molar-refractivity contribution is 0.421. The molecule has 1 aliphatic rings. The molecule has 0 fully saturated rings. The third-order valence-corrected chi connectivity index (χ3v) is 5.07. The third kappa shape index (κ3) is 2.48. The van der Waals surface area contributed by atoms with Crippen LogP contribution in [0.25, 0.3) is 22.2 Å². The van der Waals surface area contributed by atoms with Crippen LogP contribution in [0.5, 0.6) is 11.5 Å². The standard InChI is InChI=1S/C24H15N3O2/c1-2-10-17-16(8-1)9-7-11-18(17)23-25-24(29-26-23)27-19-12-3-5-14-21(19)28-22-15-6-4-13-20(22)27/h1-15H. The minimum Gasteiger partial charge on any atom is -0.453 e. The van der Waals surface area contributed by atoms with Crippen molar-refractivity contribution in [3.8, 4) is 22.9 Å². The SMILES string of the molecule is c1ccc2c(c1)Oc1ccccc1N2c1nc(-c2cccc3ccccc23)no1. The highest BCUT2D eigenvalue weighted by Crippen LogP contribution is 2.49. The van der Waals surface area contributed by atoms with Crippen LogP contribution in [0.3, 0.4) is 0 Å². The van der Waals surface area contributed by atoms with Gasteiger partial charge in [0.15, 0.2) is 11.5 Å². The van der Waals surface area contributed by atoms with Crippen LogP contribution in [-0.4, -0.2) is 10.1 Å². The highest BCUT2D eigenvalue weighted by molar-refractivity contribution is 5.95. The fourth-order valence-electron chi connectivity index (χ4n) is 3.75. The Bertz CT molecular complexity index is 1310. The Morgan fingerprint density at radius 2 is 1.31 bits per heavy atom. The molecule has 29 heavy (non-hydrogen) atoms. The molecule has 0 N–H and O–H groups in total. The Labute approximate surface area is 166 Å². The van der Waals surface area contributed by atoms with Gasteiger partial charge in [-0.25, -0.2) is 0 Å². The smallest absolute Gasteiger partial charge is 0.333 e. The molecule has 0 saturated carbocycles. The van der Waals surface area contributed by atoms with Crippen molar-refractivity contribution in [3.63, 3.8) is 0 Å². The van der Waals surface area contributed by atoms with Crippen molar-refractivity contribution in [2.75, 3.05) is 4.90 Å². The van der Waals surface area contributed by atoms with Crippen molar-refractivity contribution in [1.29, 1.82) is 0 Å². The number of aromatic nitrogens is 2. The van der Waals surface area contributed by atoms with E-state index >= 15 is 0 Å². The zero-order valence-electron chi connectivity index (χ0n) is 15.3. The maximum Gasteiger partial charge on any atom is 0.333 e. The first-order chi connectivity index (χ1) is 14.4. The number of nitrogens with zero attached hydrogens (tertiary/aromatic N) is 3. The zero-order valence-corrected chi connectivity index (χ0v) is 15.3.